The molecule has 0 fully saturated rings. The summed E-state index contributed by atoms with van der Waals surface area (Å²) in [6.45, 7) is 4.52. The summed E-state index contributed by atoms with van der Waals surface area (Å²) in [4.78, 5) is 10.8. The number of nitrogens with one attached hydrogen (secondary N) is 1. The number of halogens is 1. The Morgan fingerprint density at radius 2 is 2.29 bits per heavy atom. The summed E-state index contributed by atoms with van der Waals surface area (Å²) in [6.07, 6.45) is 1.53. The minimum absolute atomic E-state index is 0.471. The average Bonchev–Trinajstić information content (AvgIpc) is 2.96. The second kappa shape index (κ2) is 9.12. The predicted molar refractivity (Wildman–Crippen MR) is 95.4 cm³/mol. The summed E-state index contributed by atoms with van der Waals surface area (Å²) in [7, 11) is 3.83. The molecular weight excluding hydrogens is 328 g/mol. The summed E-state index contributed by atoms with van der Waals surface area (Å²) in [5, 5.41) is 7.98. The molecule has 0 spiro atoms. The fourth-order valence-electron chi connectivity index (χ4n) is 2.04. The van der Waals surface area contributed by atoms with Gasteiger partial charge in [0.1, 0.15) is 31.1 Å². The number of benzene rings is 1. The van der Waals surface area contributed by atoms with Crippen LogP contribution < -0.4 is 10.1 Å². The molecule has 0 aliphatic heterocycles. The third kappa shape index (κ3) is 5.42. The third-order valence-corrected chi connectivity index (χ3v) is 3.60. The van der Waals surface area contributed by atoms with Crippen LogP contribution in [0.3, 0.4) is 0 Å². The van der Waals surface area contributed by atoms with Crippen LogP contribution in [0.5, 0.6) is 5.75 Å². The van der Waals surface area contributed by atoms with Crippen LogP contribution in [0.4, 0.5) is 0 Å². The normalized spacial score (nSPS) is 11.4. The molecule has 0 radical (unpaired) electrons. The molecule has 1 N–H and O–H groups in total. The van der Waals surface area contributed by atoms with E-state index in [1.807, 2.05) is 44.1 Å². The second-order valence-corrected chi connectivity index (χ2v) is 5.63. The zero-order valence-corrected chi connectivity index (χ0v) is 15.0. The molecule has 2 rings (SSSR count). The Hall–Kier alpha value is -2.28. The monoisotopic (exact) mass is 350 g/mol. The van der Waals surface area contributed by atoms with Crippen LogP contribution in [0.25, 0.3) is 0 Å². The summed E-state index contributed by atoms with van der Waals surface area (Å²) in [5.41, 5.74) is 0. The van der Waals surface area contributed by atoms with Crippen LogP contribution in [0.15, 0.2) is 35.6 Å². The van der Waals surface area contributed by atoms with E-state index in [4.69, 9.17) is 16.3 Å². The maximum atomic E-state index is 5.95. The van der Waals surface area contributed by atoms with Crippen LogP contribution in [0.2, 0.25) is 5.02 Å². The van der Waals surface area contributed by atoms with Gasteiger partial charge in [-0.3, -0.25) is 4.68 Å². The minimum atomic E-state index is 0.471. The van der Waals surface area contributed by atoms with Gasteiger partial charge >= 0.3 is 0 Å². The molecule has 0 amide bonds. The smallest absolute Gasteiger partial charge is 0.194 e. The molecule has 0 bridgehead atoms. The molecule has 1 aromatic carbocycles. The fourth-order valence-corrected chi connectivity index (χ4v) is 2.22. The van der Waals surface area contributed by atoms with Gasteiger partial charge in [-0.1, -0.05) is 17.7 Å². The van der Waals surface area contributed by atoms with E-state index in [9.17, 15) is 0 Å². The number of aliphatic imine (C=N–C) groups is 1. The Morgan fingerprint density at radius 1 is 1.46 bits per heavy atom. The lowest BCUT2D eigenvalue weighted by Gasteiger charge is -2.22. The van der Waals surface area contributed by atoms with Gasteiger partial charge in [0.25, 0.3) is 0 Å². The van der Waals surface area contributed by atoms with Crippen LogP contribution in [-0.4, -0.2) is 52.4 Å². The molecule has 0 unspecified atom stereocenters. The van der Waals surface area contributed by atoms with Crippen molar-refractivity contribution in [1.29, 1.82) is 0 Å². The first-order valence-electron chi connectivity index (χ1n) is 7.81. The van der Waals surface area contributed by atoms with Gasteiger partial charge in [-0.15, -0.1) is 0 Å². The largest absolute Gasteiger partial charge is 0.492 e. The van der Waals surface area contributed by atoms with Crippen LogP contribution in [0, 0.1) is 0 Å². The third-order valence-electron chi connectivity index (χ3n) is 3.36. The SMILES string of the molecule is CCNC(=NCc1ncnn1C)N(C)CCOc1cccc(Cl)c1. The summed E-state index contributed by atoms with van der Waals surface area (Å²) in [5.74, 6) is 2.38. The number of aryl methyl sites for hydroxylation is 1. The number of likely N-dealkylation sites (N-methyl/N-ethyl adjacent to an activating group) is 1. The molecule has 1 heterocycles. The van der Waals surface area contributed by atoms with Gasteiger partial charge in [0.2, 0.25) is 0 Å². The molecule has 7 nitrogen and oxygen atoms in total. The van der Waals surface area contributed by atoms with E-state index in [1.165, 1.54) is 6.33 Å². The fraction of sp³-hybridized carbons (Fsp3) is 0.438. The van der Waals surface area contributed by atoms with Crippen LogP contribution in [0.1, 0.15) is 12.7 Å². The second-order valence-electron chi connectivity index (χ2n) is 5.20. The van der Waals surface area contributed by atoms with E-state index >= 15 is 0 Å². The number of nitrogens with zero attached hydrogens (tertiary/aromatic N) is 5. The topological polar surface area (TPSA) is 67.6 Å². The Balaban J connectivity index is 1.88. The number of hydrogen-bond acceptors (Lipinski definition) is 4. The first-order valence-corrected chi connectivity index (χ1v) is 8.18. The van der Waals surface area contributed by atoms with Gasteiger partial charge < -0.3 is 15.0 Å². The highest BCUT2D eigenvalue weighted by Crippen LogP contribution is 2.16. The number of guanidine groups is 1. The number of ether oxygens (including phenoxy) is 1. The molecule has 1 aromatic heterocycles. The highest BCUT2D eigenvalue weighted by atomic mass is 35.5. The quantitative estimate of drug-likeness (QED) is 0.610. The summed E-state index contributed by atoms with van der Waals surface area (Å²) >= 11 is 5.95. The summed E-state index contributed by atoms with van der Waals surface area (Å²) < 4.78 is 7.44. The highest BCUT2D eigenvalue weighted by molar-refractivity contribution is 6.30. The summed E-state index contributed by atoms with van der Waals surface area (Å²) in [6, 6.07) is 7.38. The van der Waals surface area contributed by atoms with Crippen molar-refractivity contribution in [2.24, 2.45) is 12.0 Å². The molecular formula is C16H23ClN6O. The molecule has 8 heteroatoms. The molecule has 0 aliphatic carbocycles. The van der Waals surface area contributed by atoms with Crippen molar-refractivity contribution >= 4 is 17.6 Å². The maximum absolute atomic E-state index is 5.95. The number of rotatable bonds is 7. The van der Waals surface area contributed by atoms with Gasteiger partial charge in [0.05, 0.1) is 6.54 Å². The van der Waals surface area contributed by atoms with Crippen molar-refractivity contribution < 1.29 is 4.74 Å². The molecule has 0 saturated carbocycles. The molecule has 24 heavy (non-hydrogen) atoms. The van der Waals surface area contributed by atoms with E-state index in [-0.39, 0.29) is 0 Å². The number of aromatic nitrogens is 3. The van der Waals surface area contributed by atoms with Crippen LogP contribution in [-0.2, 0) is 13.6 Å². The number of hydrogen-bond donors (Lipinski definition) is 1. The lowest BCUT2D eigenvalue weighted by molar-refractivity contribution is 0.281. The van der Waals surface area contributed by atoms with E-state index in [1.54, 1.807) is 10.7 Å². The Kier molecular flexibility index (Phi) is 6.87. The Bertz CT molecular complexity index is 672. The van der Waals surface area contributed by atoms with E-state index in [2.05, 4.69) is 20.4 Å². The van der Waals surface area contributed by atoms with Crippen LogP contribution >= 0.6 is 11.6 Å². The van der Waals surface area contributed by atoms with E-state index in [0.29, 0.717) is 24.7 Å². The van der Waals surface area contributed by atoms with Crippen molar-refractivity contribution in [3.8, 4) is 5.75 Å². The Morgan fingerprint density at radius 3 is 2.96 bits per heavy atom. The molecule has 0 aliphatic rings. The van der Waals surface area contributed by atoms with Crippen molar-refractivity contribution in [3.63, 3.8) is 0 Å². The first kappa shape index (κ1) is 18.1. The van der Waals surface area contributed by atoms with Gasteiger partial charge in [-0.05, 0) is 25.1 Å². The van der Waals surface area contributed by atoms with Gasteiger partial charge in [0, 0.05) is 25.7 Å². The molecule has 130 valence electrons. The van der Waals surface area contributed by atoms with Crippen molar-refractivity contribution in [2.45, 2.75) is 13.5 Å². The van der Waals surface area contributed by atoms with E-state index < -0.39 is 0 Å². The first-order chi connectivity index (χ1) is 11.6. The van der Waals surface area contributed by atoms with Gasteiger partial charge in [-0.25, -0.2) is 9.98 Å². The average molecular weight is 351 g/mol. The lowest BCUT2D eigenvalue weighted by Crippen LogP contribution is -2.40. The zero-order valence-electron chi connectivity index (χ0n) is 14.2. The van der Waals surface area contributed by atoms with Crippen molar-refractivity contribution in [1.82, 2.24) is 25.0 Å². The molecule has 2 aromatic rings. The molecule has 0 saturated heterocycles. The maximum Gasteiger partial charge on any atom is 0.194 e. The van der Waals surface area contributed by atoms with Gasteiger partial charge in [-0.2, -0.15) is 5.10 Å². The Labute approximate surface area is 147 Å². The molecule has 0 atom stereocenters. The van der Waals surface area contributed by atoms with Gasteiger partial charge in [0.15, 0.2) is 5.96 Å². The highest BCUT2D eigenvalue weighted by Gasteiger charge is 2.07. The predicted octanol–water partition coefficient (Wildman–Crippen LogP) is 1.94. The standard InChI is InChI=1S/C16H23ClN6O/c1-4-18-16(19-11-15-20-12-21-23(15)3)22(2)8-9-24-14-7-5-6-13(17)10-14/h5-7,10,12H,4,8-9,11H2,1-3H3,(H,18,19). The van der Waals surface area contributed by atoms with Crippen molar-refractivity contribution in [3.05, 3.63) is 41.4 Å². The lowest BCUT2D eigenvalue weighted by atomic mass is 10.3. The van der Waals surface area contributed by atoms with E-state index in [0.717, 1.165) is 24.1 Å². The van der Waals surface area contributed by atoms with Crippen molar-refractivity contribution in [2.75, 3.05) is 26.7 Å². The minimum Gasteiger partial charge on any atom is -0.492 e. The zero-order chi connectivity index (χ0) is 17.4.